The van der Waals surface area contributed by atoms with Crippen molar-refractivity contribution in [2.75, 3.05) is 6.61 Å². The summed E-state index contributed by atoms with van der Waals surface area (Å²) in [5.74, 6) is -0.719. The number of aliphatic hydroxyl groups is 1. The van der Waals surface area contributed by atoms with E-state index in [0.717, 1.165) is 37.7 Å². The first kappa shape index (κ1) is 23.4. The normalized spacial score (nSPS) is 14.6. The molecule has 0 bridgehead atoms. The van der Waals surface area contributed by atoms with Gasteiger partial charge in [-0.2, -0.15) is 0 Å². The fourth-order valence-electron chi connectivity index (χ4n) is 4.26. The molecule has 0 aliphatic heterocycles. The minimum Gasteiger partial charge on any atom is -0.485 e. The van der Waals surface area contributed by atoms with Crippen molar-refractivity contribution in [3.8, 4) is 5.75 Å². The zero-order chi connectivity index (χ0) is 23.5. The Bertz CT molecular complexity index is 1130. The van der Waals surface area contributed by atoms with Gasteiger partial charge in [0.2, 0.25) is 0 Å². The Kier molecular flexibility index (Phi) is 7.08. The van der Waals surface area contributed by atoms with Crippen molar-refractivity contribution in [3.63, 3.8) is 0 Å². The van der Waals surface area contributed by atoms with E-state index in [1.54, 1.807) is 11.3 Å². The molecule has 0 saturated heterocycles. The van der Waals surface area contributed by atoms with E-state index in [-0.39, 0.29) is 36.9 Å². The van der Waals surface area contributed by atoms with Crippen LogP contribution in [0.4, 0.5) is 8.78 Å². The van der Waals surface area contributed by atoms with E-state index < -0.39 is 11.6 Å². The summed E-state index contributed by atoms with van der Waals surface area (Å²) in [6.45, 7) is 3.55. The van der Waals surface area contributed by atoms with E-state index >= 15 is 0 Å². The Balaban J connectivity index is 1.68. The summed E-state index contributed by atoms with van der Waals surface area (Å²) in [5.41, 5.74) is 2.37. The molecular formula is C26H30F2N2O3. The summed E-state index contributed by atoms with van der Waals surface area (Å²) in [6, 6.07) is 5.58. The second-order valence-corrected chi connectivity index (χ2v) is 8.96. The number of aryl methyl sites for hydroxylation is 1. The van der Waals surface area contributed by atoms with Gasteiger partial charge in [0.05, 0.1) is 11.3 Å². The molecule has 4 rings (SSSR count). The van der Waals surface area contributed by atoms with Crippen molar-refractivity contribution in [2.24, 2.45) is 5.92 Å². The molecule has 3 aromatic rings. The van der Waals surface area contributed by atoms with Gasteiger partial charge in [0, 0.05) is 19.2 Å². The number of rotatable bonds is 11. The molecule has 1 aliphatic rings. The van der Waals surface area contributed by atoms with E-state index in [9.17, 15) is 18.7 Å². The third-order valence-corrected chi connectivity index (χ3v) is 6.33. The van der Waals surface area contributed by atoms with Gasteiger partial charge in [-0.3, -0.25) is 9.20 Å². The average Bonchev–Trinajstić information content (AvgIpc) is 3.58. The summed E-state index contributed by atoms with van der Waals surface area (Å²) in [4.78, 5) is 17.8. The molecule has 0 radical (unpaired) electrons. The molecule has 0 spiro atoms. The zero-order valence-electron chi connectivity index (χ0n) is 19.1. The highest BCUT2D eigenvalue weighted by Gasteiger charge is 2.28. The quantitative estimate of drug-likeness (QED) is 0.373. The maximum Gasteiger partial charge on any atom is 0.181 e. The van der Waals surface area contributed by atoms with Crippen LogP contribution < -0.4 is 4.74 Å². The molecule has 1 aliphatic carbocycles. The first-order chi connectivity index (χ1) is 15.9. The number of ether oxygens (including phenoxy) is 1. The summed E-state index contributed by atoms with van der Waals surface area (Å²) in [5, 5.41) is 9.72. The van der Waals surface area contributed by atoms with Crippen LogP contribution in [-0.4, -0.2) is 26.9 Å². The molecule has 176 valence electrons. The van der Waals surface area contributed by atoms with Crippen LogP contribution in [0, 0.1) is 24.5 Å². The highest BCUT2D eigenvalue weighted by Crippen LogP contribution is 2.42. The van der Waals surface area contributed by atoms with Crippen molar-refractivity contribution in [1.29, 1.82) is 0 Å². The Labute approximate surface area is 192 Å². The SMILES string of the molecule is CCCC[C@H](CO)CC(=O)c1c(C)nc2c(OCc3c(F)cccc3F)cc(C3CC3)cn12. The summed E-state index contributed by atoms with van der Waals surface area (Å²) < 4.78 is 35.8. The van der Waals surface area contributed by atoms with Gasteiger partial charge in [0.15, 0.2) is 17.2 Å². The highest BCUT2D eigenvalue weighted by atomic mass is 19.1. The van der Waals surface area contributed by atoms with Crippen molar-refractivity contribution >= 4 is 11.4 Å². The van der Waals surface area contributed by atoms with Crippen LogP contribution in [0.1, 0.15) is 78.7 Å². The number of fused-ring (bicyclic) bond motifs is 1. The van der Waals surface area contributed by atoms with Crippen LogP contribution in [0.25, 0.3) is 5.65 Å². The first-order valence-corrected chi connectivity index (χ1v) is 11.6. The largest absolute Gasteiger partial charge is 0.485 e. The number of carbonyl (C=O) groups is 1. The maximum atomic E-state index is 14.1. The number of ketones is 1. The van der Waals surface area contributed by atoms with Crippen LogP contribution in [0.5, 0.6) is 5.75 Å². The number of imidazole rings is 1. The zero-order valence-corrected chi connectivity index (χ0v) is 19.1. The van der Waals surface area contributed by atoms with Crippen molar-refractivity contribution in [3.05, 3.63) is 64.6 Å². The van der Waals surface area contributed by atoms with Crippen LogP contribution in [0.2, 0.25) is 0 Å². The number of Topliss-reactive ketones (excluding diaryl/α,β-unsaturated/α-hetero) is 1. The fraction of sp³-hybridized carbons (Fsp3) is 0.462. The van der Waals surface area contributed by atoms with Gasteiger partial charge >= 0.3 is 0 Å². The number of aromatic nitrogens is 2. The standard InChI is InChI=1S/C26H30F2N2O3/c1-3-4-6-17(14-31)11-23(32)25-16(2)29-26-24(12-19(13-30(25)26)18-9-10-18)33-15-20-21(27)7-5-8-22(20)28/h5,7-8,12-13,17-18,31H,3-4,6,9-11,14-15H2,1-2H3/t17-/m0/s1. The minimum atomic E-state index is -0.665. The lowest BCUT2D eigenvalue weighted by Crippen LogP contribution is -2.15. The number of aliphatic hydroxyl groups excluding tert-OH is 1. The van der Waals surface area contributed by atoms with Crippen LogP contribution >= 0.6 is 0 Å². The Morgan fingerprint density at radius 1 is 1.30 bits per heavy atom. The summed E-state index contributed by atoms with van der Waals surface area (Å²) >= 11 is 0. The Morgan fingerprint density at radius 2 is 2.03 bits per heavy atom. The Hall–Kier alpha value is -2.80. The van der Waals surface area contributed by atoms with Gasteiger partial charge in [0.1, 0.15) is 23.9 Å². The minimum absolute atomic E-state index is 0.0303. The van der Waals surface area contributed by atoms with Crippen molar-refractivity contribution < 1.29 is 23.4 Å². The van der Waals surface area contributed by atoms with E-state index in [1.807, 2.05) is 12.3 Å². The Morgan fingerprint density at radius 3 is 2.67 bits per heavy atom. The monoisotopic (exact) mass is 456 g/mol. The number of nitrogens with zero attached hydrogens (tertiary/aromatic N) is 2. The van der Waals surface area contributed by atoms with E-state index in [2.05, 4.69) is 11.9 Å². The van der Waals surface area contributed by atoms with Gasteiger partial charge in [-0.05, 0) is 61.8 Å². The third kappa shape index (κ3) is 5.08. The topological polar surface area (TPSA) is 63.8 Å². The fourth-order valence-corrected chi connectivity index (χ4v) is 4.26. The van der Waals surface area contributed by atoms with Crippen LogP contribution in [-0.2, 0) is 6.61 Å². The molecule has 1 N–H and O–H groups in total. The second-order valence-electron chi connectivity index (χ2n) is 8.96. The maximum absolute atomic E-state index is 14.1. The van der Waals surface area contributed by atoms with Gasteiger partial charge in [-0.1, -0.05) is 25.8 Å². The predicted octanol–water partition coefficient (Wildman–Crippen LogP) is 5.75. The molecule has 0 unspecified atom stereocenters. The molecular weight excluding hydrogens is 426 g/mol. The average molecular weight is 457 g/mol. The lowest BCUT2D eigenvalue weighted by Gasteiger charge is -2.14. The van der Waals surface area contributed by atoms with Gasteiger partial charge < -0.3 is 9.84 Å². The molecule has 5 nitrogen and oxygen atoms in total. The molecule has 1 aromatic carbocycles. The third-order valence-electron chi connectivity index (χ3n) is 6.33. The molecule has 0 amide bonds. The molecule has 1 saturated carbocycles. The number of halogens is 2. The number of hydrogen-bond acceptors (Lipinski definition) is 4. The lowest BCUT2D eigenvalue weighted by molar-refractivity contribution is 0.0923. The second kappa shape index (κ2) is 10.00. The molecule has 1 fully saturated rings. The summed E-state index contributed by atoms with van der Waals surface area (Å²) in [6.07, 6.45) is 7.03. The number of hydrogen-bond donors (Lipinski definition) is 1. The first-order valence-electron chi connectivity index (χ1n) is 11.6. The number of unbranched alkanes of at least 4 members (excludes halogenated alkanes) is 1. The predicted molar refractivity (Wildman–Crippen MR) is 122 cm³/mol. The van der Waals surface area contributed by atoms with E-state index in [0.29, 0.717) is 28.7 Å². The highest BCUT2D eigenvalue weighted by molar-refractivity contribution is 5.97. The van der Waals surface area contributed by atoms with Crippen molar-refractivity contribution in [2.45, 2.75) is 64.9 Å². The van der Waals surface area contributed by atoms with Crippen LogP contribution in [0.3, 0.4) is 0 Å². The van der Waals surface area contributed by atoms with E-state index in [4.69, 9.17) is 4.74 Å². The van der Waals surface area contributed by atoms with E-state index in [1.165, 1.54) is 18.2 Å². The van der Waals surface area contributed by atoms with Crippen molar-refractivity contribution in [1.82, 2.24) is 9.38 Å². The molecule has 7 heteroatoms. The van der Waals surface area contributed by atoms with Gasteiger partial charge in [-0.25, -0.2) is 13.8 Å². The molecule has 2 aromatic heterocycles. The molecule has 33 heavy (non-hydrogen) atoms. The van der Waals surface area contributed by atoms with Crippen LogP contribution in [0.15, 0.2) is 30.5 Å². The molecule has 1 atom stereocenters. The smallest absolute Gasteiger partial charge is 0.181 e. The number of carbonyl (C=O) groups excluding carboxylic acids is 1. The van der Waals surface area contributed by atoms with Gasteiger partial charge in [-0.15, -0.1) is 0 Å². The molecule has 2 heterocycles. The number of pyridine rings is 1. The van der Waals surface area contributed by atoms with Gasteiger partial charge in [0.25, 0.3) is 0 Å². The summed E-state index contributed by atoms with van der Waals surface area (Å²) in [7, 11) is 0. The lowest BCUT2D eigenvalue weighted by atomic mass is 9.95. The number of benzene rings is 1.